The molecule has 0 aliphatic heterocycles. The van der Waals surface area contributed by atoms with Gasteiger partial charge in [0.05, 0.1) is 22.5 Å². The van der Waals surface area contributed by atoms with Crippen LogP contribution in [0.15, 0.2) is 30.9 Å². The van der Waals surface area contributed by atoms with Gasteiger partial charge in [-0.1, -0.05) is 24.4 Å². The normalized spacial score (nSPS) is 23.5. The minimum atomic E-state index is -0.350. The highest BCUT2D eigenvalue weighted by Gasteiger charge is 2.42. The Hall–Kier alpha value is -3.20. The molecule has 194 valence electrons. The van der Waals surface area contributed by atoms with E-state index in [4.69, 9.17) is 16.6 Å². The molecule has 8 nitrogen and oxygen atoms in total. The number of H-pyrrole nitrogens is 1. The second kappa shape index (κ2) is 9.59. The number of fused-ring (bicyclic) bond motifs is 4. The predicted molar refractivity (Wildman–Crippen MR) is 142 cm³/mol. The van der Waals surface area contributed by atoms with Gasteiger partial charge in [-0.25, -0.2) is 24.1 Å². The molecule has 4 heterocycles. The Morgan fingerprint density at radius 1 is 1.22 bits per heavy atom. The van der Waals surface area contributed by atoms with Crippen LogP contribution in [0.25, 0.3) is 33.5 Å². The Morgan fingerprint density at radius 3 is 2.86 bits per heavy atom. The molecule has 2 aliphatic carbocycles. The Bertz CT molecular complexity index is 1460. The number of carbonyl (C=O) groups is 1. The van der Waals surface area contributed by atoms with Gasteiger partial charge < -0.3 is 19.8 Å². The molecular formula is C27H31ClFN7O. The topological polar surface area (TPSA) is 91.7 Å². The number of nitrogens with zero attached hydrogens (tertiary/aromatic N) is 5. The fraction of sp³-hybridized carbons (Fsp3) is 0.481. The van der Waals surface area contributed by atoms with Crippen molar-refractivity contribution in [3.05, 3.63) is 41.7 Å². The number of aromatic nitrogens is 5. The Balaban J connectivity index is 1.44. The summed E-state index contributed by atoms with van der Waals surface area (Å²) in [6.45, 7) is 5.26. The molecule has 0 aromatic carbocycles. The third-order valence-corrected chi connectivity index (χ3v) is 8.45. The van der Waals surface area contributed by atoms with Crippen LogP contribution in [0, 0.1) is 17.7 Å². The minimum absolute atomic E-state index is 0.0598. The molecule has 2 fully saturated rings. The summed E-state index contributed by atoms with van der Waals surface area (Å²) < 4.78 is 17.2. The summed E-state index contributed by atoms with van der Waals surface area (Å²) in [4.78, 5) is 31.7. The molecule has 0 spiro atoms. The highest BCUT2D eigenvalue weighted by atomic mass is 35.5. The van der Waals surface area contributed by atoms with E-state index >= 15 is 4.39 Å². The molecule has 0 radical (unpaired) electrons. The molecule has 6 rings (SSSR count). The van der Waals surface area contributed by atoms with Crippen LogP contribution < -0.4 is 5.32 Å². The summed E-state index contributed by atoms with van der Waals surface area (Å²) in [5.74, 6) is 1.05. The van der Waals surface area contributed by atoms with Crippen LogP contribution in [0.2, 0.25) is 5.02 Å². The number of rotatable bonds is 5. The van der Waals surface area contributed by atoms with Crippen LogP contribution in [0.3, 0.4) is 0 Å². The number of pyridine rings is 1. The first-order valence-corrected chi connectivity index (χ1v) is 13.6. The highest BCUT2D eigenvalue weighted by molar-refractivity contribution is 6.31. The van der Waals surface area contributed by atoms with Crippen LogP contribution in [0.4, 0.5) is 9.18 Å². The van der Waals surface area contributed by atoms with E-state index in [0.717, 1.165) is 36.6 Å². The summed E-state index contributed by atoms with van der Waals surface area (Å²) >= 11 is 6.20. The molecule has 2 amide bonds. The zero-order chi connectivity index (χ0) is 25.7. The number of amides is 2. The van der Waals surface area contributed by atoms with Crippen molar-refractivity contribution in [1.29, 1.82) is 0 Å². The van der Waals surface area contributed by atoms with Gasteiger partial charge in [-0.3, -0.25) is 0 Å². The maximum Gasteiger partial charge on any atom is 0.317 e. The molecule has 2 saturated carbocycles. The van der Waals surface area contributed by atoms with Gasteiger partial charge in [0.25, 0.3) is 0 Å². The quantitative estimate of drug-likeness (QED) is 0.339. The van der Waals surface area contributed by atoms with Gasteiger partial charge in [-0.2, -0.15) is 0 Å². The van der Waals surface area contributed by atoms with Crippen molar-refractivity contribution in [3.63, 3.8) is 0 Å². The molecule has 2 aliphatic rings. The SMILES string of the molecule is CCN(CC)C(=O)N[C@H]1CC2CCCC(C2)[C@@H]1n1cc(F)c2cnc(-c3c[nH]c4ncc(Cl)cc34)nc21. The van der Waals surface area contributed by atoms with Crippen molar-refractivity contribution >= 4 is 39.7 Å². The Kier molecular flexibility index (Phi) is 6.26. The molecule has 0 saturated heterocycles. The largest absolute Gasteiger partial charge is 0.345 e. The second-order valence-corrected chi connectivity index (χ2v) is 10.8. The van der Waals surface area contributed by atoms with E-state index in [1.807, 2.05) is 24.5 Å². The number of hydrogen-bond acceptors (Lipinski definition) is 4. The third-order valence-electron chi connectivity index (χ3n) is 8.25. The summed E-state index contributed by atoms with van der Waals surface area (Å²) in [7, 11) is 0. The van der Waals surface area contributed by atoms with Crippen LogP contribution in [-0.2, 0) is 0 Å². The third kappa shape index (κ3) is 4.23. The zero-order valence-corrected chi connectivity index (χ0v) is 21.8. The van der Waals surface area contributed by atoms with Gasteiger partial charge in [-0.05, 0) is 51.0 Å². The smallest absolute Gasteiger partial charge is 0.317 e. The lowest BCUT2D eigenvalue weighted by molar-refractivity contribution is 0.0910. The first-order valence-electron chi connectivity index (χ1n) is 13.2. The number of halogens is 2. The lowest BCUT2D eigenvalue weighted by atomic mass is 9.67. The van der Waals surface area contributed by atoms with E-state index in [1.54, 1.807) is 29.7 Å². The van der Waals surface area contributed by atoms with E-state index in [2.05, 4.69) is 20.3 Å². The standard InChI is InChI=1S/C27H31ClFN7O/c1-3-35(4-2)27(37)33-22-9-15-6-5-7-16(8-15)23(22)36-14-21(29)20-13-32-25(34-26(20)36)19-12-31-24-18(19)10-17(28)11-30-24/h10-16,22-23H,3-9H2,1-2H3,(H,30,31)(H,33,37)/t15?,16?,22-,23-/m0/s1. The molecule has 4 atom stereocenters. The average Bonchev–Trinajstić information content (AvgIpc) is 3.45. The predicted octanol–water partition coefficient (Wildman–Crippen LogP) is 5.94. The number of hydrogen-bond donors (Lipinski definition) is 2. The van der Waals surface area contributed by atoms with Gasteiger partial charge in [0.15, 0.2) is 11.6 Å². The van der Waals surface area contributed by atoms with Crippen LogP contribution in [-0.4, -0.2) is 54.6 Å². The van der Waals surface area contributed by atoms with E-state index in [9.17, 15) is 4.79 Å². The maximum absolute atomic E-state index is 15.3. The number of aromatic amines is 1. The molecular weight excluding hydrogens is 493 g/mol. The van der Waals surface area contributed by atoms with E-state index in [-0.39, 0.29) is 23.9 Å². The minimum Gasteiger partial charge on any atom is -0.345 e. The summed E-state index contributed by atoms with van der Waals surface area (Å²) in [5, 5.41) is 5.02. The molecule has 4 aromatic rings. The monoisotopic (exact) mass is 523 g/mol. The van der Waals surface area contributed by atoms with Crippen molar-refractivity contribution in [2.75, 3.05) is 13.1 Å². The second-order valence-electron chi connectivity index (χ2n) is 10.3. The Labute approximate surface area is 219 Å². The van der Waals surface area contributed by atoms with Crippen molar-refractivity contribution in [2.24, 2.45) is 11.8 Å². The molecule has 10 heteroatoms. The van der Waals surface area contributed by atoms with Crippen molar-refractivity contribution < 1.29 is 9.18 Å². The number of urea groups is 1. The first-order chi connectivity index (χ1) is 18.0. The van der Waals surface area contributed by atoms with E-state index in [0.29, 0.717) is 52.5 Å². The molecule has 37 heavy (non-hydrogen) atoms. The maximum atomic E-state index is 15.3. The number of nitrogens with one attached hydrogen (secondary N) is 2. The van der Waals surface area contributed by atoms with Crippen molar-refractivity contribution in [2.45, 2.75) is 58.0 Å². The van der Waals surface area contributed by atoms with Crippen LogP contribution >= 0.6 is 11.6 Å². The summed E-state index contributed by atoms with van der Waals surface area (Å²) in [6, 6.07) is 1.59. The van der Waals surface area contributed by atoms with Crippen LogP contribution in [0.1, 0.15) is 52.0 Å². The van der Waals surface area contributed by atoms with Gasteiger partial charge in [0.1, 0.15) is 11.3 Å². The fourth-order valence-corrected chi connectivity index (χ4v) is 6.68. The molecule has 2 bridgehead atoms. The zero-order valence-electron chi connectivity index (χ0n) is 21.0. The lowest BCUT2D eigenvalue weighted by Crippen LogP contribution is -2.53. The molecule has 2 N–H and O–H groups in total. The van der Waals surface area contributed by atoms with Gasteiger partial charge in [0.2, 0.25) is 0 Å². The summed E-state index contributed by atoms with van der Waals surface area (Å²) in [6.07, 6.45) is 11.9. The first kappa shape index (κ1) is 24.2. The molecule has 4 aromatic heterocycles. The lowest BCUT2D eigenvalue weighted by Gasteiger charge is -2.46. The summed E-state index contributed by atoms with van der Waals surface area (Å²) in [5.41, 5.74) is 1.99. The Morgan fingerprint density at radius 2 is 2.05 bits per heavy atom. The van der Waals surface area contributed by atoms with Gasteiger partial charge in [0, 0.05) is 48.8 Å². The van der Waals surface area contributed by atoms with Gasteiger partial charge >= 0.3 is 6.03 Å². The fourth-order valence-electron chi connectivity index (χ4n) is 6.52. The van der Waals surface area contributed by atoms with E-state index < -0.39 is 0 Å². The molecule has 2 unspecified atom stereocenters. The average molecular weight is 524 g/mol. The highest BCUT2D eigenvalue weighted by Crippen LogP contribution is 2.47. The van der Waals surface area contributed by atoms with E-state index in [1.165, 1.54) is 6.42 Å². The van der Waals surface area contributed by atoms with Gasteiger partial charge in [-0.15, -0.1) is 0 Å². The van der Waals surface area contributed by atoms with Crippen molar-refractivity contribution in [1.82, 2.24) is 34.7 Å². The number of carbonyl (C=O) groups excluding carboxylic acids is 1. The van der Waals surface area contributed by atoms with Crippen LogP contribution in [0.5, 0.6) is 0 Å². The van der Waals surface area contributed by atoms with Crippen molar-refractivity contribution in [3.8, 4) is 11.4 Å².